The molecule has 3 nitrogen and oxygen atoms in total. The van der Waals surface area contributed by atoms with Crippen molar-refractivity contribution in [2.45, 2.75) is 0 Å². The van der Waals surface area contributed by atoms with Gasteiger partial charge in [0.15, 0.2) is 3.57 Å². The molecular formula is C18H11IO3. The van der Waals surface area contributed by atoms with Gasteiger partial charge in [-0.15, -0.1) is 0 Å². The fraction of sp³-hybridized carbons (Fsp3) is 0. The van der Waals surface area contributed by atoms with Crippen molar-refractivity contribution in [2.75, 3.05) is 0 Å². The number of carbonyl (C=O) groups is 2. The number of ketones is 2. The fourth-order valence-corrected chi connectivity index (χ4v) is 4.54. The zero-order chi connectivity index (χ0) is 15.5. The Morgan fingerprint density at radius 2 is 1.41 bits per heavy atom. The fourth-order valence-electron chi connectivity index (χ4n) is 2.10. The molecule has 2 aromatic rings. The predicted octanol–water partition coefficient (Wildman–Crippen LogP) is -1.25. The highest BCUT2D eigenvalue weighted by molar-refractivity contribution is 6.49. The Labute approximate surface area is 138 Å². The van der Waals surface area contributed by atoms with Crippen LogP contribution >= 0.6 is 0 Å². The average Bonchev–Trinajstić information content (AvgIpc) is 2.57. The van der Waals surface area contributed by atoms with E-state index >= 15 is 0 Å². The van der Waals surface area contributed by atoms with Gasteiger partial charge in [0.2, 0.25) is 9.36 Å². The van der Waals surface area contributed by atoms with Gasteiger partial charge in [-0.05, 0) is 35.1 Å². The molecule has 0 bridgehead atoms. The smallest absolute Gasteiger partial charge is 0.361 e. The van der Waals surface area contributed by atoms with Crippen molar-refractivity contribution in [1.82, 2.24) is 0 Å². The minimum Gasteiger partial charge on any atom is -0.869 e. The van der Waals surface area contributed by atoms with Crippen LogP contribution in [0.1, 0.15) is 5.56 Å². The Bertz CT molecular complexity index is 790. The van der Waals surface area contributed by atoms with Crippen LogP contribution in [0.25, 0.3) is 5.57 Å². The van der Waals surface area contributed by atoms with Crippen LogP contribution in [0.5, 0.6) is 0 Å². The maximum Gasteiger partial charge on any atom is 0.361 e. The summed E-state index contributed by atoms with van der Waals surface area (Å²) < 4.78 is 1.09. The molecule has 0 unspecified atom stereocenters. The molecule has 0 spiro atoms. The van der Waals surface area contributed by atoms with Gasteiger partial charge in [-0.25, -0.2) is 0 Å². The van der Waals surface area contributed by atoms with E-state index in [1.165, 1.54) is 0 Å². The van der Waals surface area contributed by atoms with Gasteiger partial charge in [0.1, 0.15) is 0 Å². The van der Waals surface area contributed by atoms with Crippen LogP contribution in [0.2, 0.25) is 0 Å². The summed E-state index contributed by atoms with van der Waals surface area (Å²) in [6.45, 7) is 0. The van der Waals surface area contributed by atoms with Crippen molar-refractivity contribution in [3.8, 4) is 0 Å². The van der Waals surface area contributed by atoms with Crippen LogP contribution in [-0.4, -0.2) is 11.6 Å². The molecule has 1 aliphatic rings. The van der Waals surface area contributed by atoms with Crippen LogP contribution in [0, 0.1) is 3.57 Å². The van der Waals surface area contributed by atoms with Crippen LogP contribution in [0.4, 0.5) is 0 Å². The number of hydrogen-bond donors (Lipinski definition) is 0. The molecule has 0 heterocycles. The average molecular weight is 402 g/mol. The normalized spacial score (nSPS) is 15.0. The molecule has 0 aromatic heterocycles. The Hall–Kier alpha value is -2.21. The third-order valence-corrected chi connectivity index (χ3v) is 6.03. The molecule has 1 aliphatic carbocycles. The molecule has 0 amide bonds. The van der Waals surface area contributed by atoms with Crippen molar-refractivity contribution in [1.29, 1.82) is 0 Å². The Morgan fingerprint density at radius 3 is 2.05 bits per heavy atom. The first-order chi connectivity index (χ1) is 10.7. The maximum atomic E-state index is 12.6. The molecular weight excluding hydrogens is 391 g/mol. The van der Waals surface area contributed by atoms with E-state index in [1.54, 1.807) is 24.3 Å². The minimum atomic E-state index is -0.965. The summed E-state index contributed by atoms with van der Waals surface area (Å²) in [5, 5.41) is 12.6. The molecule has 22 heavy (non-hydrogen) atoms. The summed E-state index contributed by atoms with van der Waals surface area (Å²) in [5.41, 5.74) is 0.985. The Balaban J connectivity index is 2.04. The lowest BCUT2D eigenvalue weighted by molar-refractivity contribution is -0.576. The Kier molecular flexibility index (Phi) is 4.20. The molecule has 0 radical (unpaired) electrons. The van der Waals surface area contributed by atoms with Crippen molar-refractivity contribution >= 4 is 17.1 Å². The van der Waals surface area contributed by atoms with E-state index < -0.39 is 32.8 Å². The molecule has 0 N–H and O–H groups in total. The van der Waals surface area contributed by atoms with Crippen LogP contribution in [-0.2, 0) is 9.59 Å². The summed E-state index contributed by atoms with van der Waals surface area (Å²) in [6.07, 6.45) is 1.16. The number of rotatable bonds is 3. The van der Waals surface area contributed by atoms with E-state index in [2.05, 4.69) is 0 Å². The van der Waals surface area contributed by atoms with Gasteiger partial charge in [0.25, 0.3) is 5.78 Å². The lowest BCUT2D eigenvalue weighted by atomic mass is 9.97. The van der Waals surface area contributed by atoms with E-state index in [4.69, 9.17) is 0 Å². The molecule has 0 atom stereocenters. The summed E-state index contributed by atoms with van der Waals surface area (Å²) in [4.78, 5) is 24.0. The van der Waals surface area contributed by atoms with Gasteiger partial charge >= 0.3 is 21.2 Å². The van der Waals surface area contributed by atoms with E-state index in [-0.39, 0.29) is 9.34 Å². The summed E-state index contributed by atoms with van der Waals surface area (Å²) in [5.74, 6) is -1.57. The molecule has 108 valence electrons. The van der Waals surface area contributed by atoms with E-state index in [0.717, 1.165) is 9.65 Å². The summed E-state index contributed by atoms with van der Waals surface area (Å²) in [6, 6.07) is 18.3. The molecule has 0 aliphatic heterocycles. The highest BCUT2D eigenvalue weighted by atomic mass is 127. The van der Waals surface area contributed by atoms with Crippen molar-refractivity contribution in [2.24, 2.45) is 0 Å². The summed E-state index contributed by atoms with van der Waals surface area (Å²) >= 11 is -0.965. The highest BCUT2D eigenvalue weighted by Crippen LogP contribution is 2.23. The quantitative estimate of drug-likeness (QED) is 0.367. The molecule has 2 aromatic carbocycles. The highest BCUT2D eigenvalue weighted by Gasteiger charge is 2.35. The first kappa shape index (κ1) is 14.7. The number of Topliss-reactive ketones (excluding diaryl/α,β-unsaturated/α-hetero) is 1. The number of halogens is 1. The lowest BCUT2D eigenvalue weighted by Crippen LogP contribution is -3.61. The predicted molar refractivity (Wildman–Crippen MR) is 76.6 cm³/mol. The van der Waals surface area contributed by atoms with Crippen molar-refractivity contribution in [3.05, 3.63) is 85.2 Å². The topological polar surface area (TPSA) is 57.2 Å². The van der Waals surface area contributed by atoms with E-state index in [9.17, 15) is 14.7 Å². The standard InChI is InChI=1S/C18H11IO3/c20-15-11-14(12-7-3-1-4-8-12)17(21)16(18(15)22)19-13-9-5-2-6-10-13/h1-11H. The van der Waals surface area contributed by atoms with Gasteiger partial charge < -0.3 is 5.11 Å². The van der Waals surface area contributed by atoms with E-state index in [1.807, 2.05) is 36.4 Å². The largest absolute Gasteiger partial charge is 0.869 e. The monoisotopic (exact) mass is 402 g/mol. The van der Waals surface area contributed by atoms with Gasteiger partial charge in [-0.2, -0.15) is 0 Å². The van der Waals surface area contributed by atoms with Crippen LogP contribution in [0.15, 0.2) is 76.1 Å². The SMILES string of the molecule is O=C1C=C(c2ccccc2)C([O-])=C([I+]c2ccccc2)C1=O. The number of allylic oxidation sites excluding steroid dienone is 3. The van der Waals surface area contributed by atoms with E-state index in [0.29, 0.717) is 11.1 Å². The van der Waals surface area contributed by atoms with Crippen LogP contribution in [0.3, 0.4) is 0 Å². The summed E-state index contributed by atoms with van der Waals surface area (Å²) in [7, 11) is 0. The van der Waals surface area contributed by atoms with Gasteiger partial charge in [0.05, 0.1) is 0 Å². The molecule has 3 rings (SSSR count). The molecule has 0 saturated heterocycles. The van der Waals surface area contributed by atoms with Gasteiger partial charge in [-0.1, -0.05) is 48.5 Å². The minimum absolute atomic E-state index is 0.149. The number of carbonyl (C=O) groups excluding carboxylic acids is 2. The van der Waals surface area contributed by atoms with Crippen LogP contribution < -0.4 is 26.3 Å². The molecule has 4 heteroatoms. The first-order valence-electron chi connectivity index (χ1n) is 6.64. The zero-order valence-electron chi connectivity index (χ0n) is 11.5. The first-order valence-corrected chi connectivity index (χ1v) is 8.80. The third-order valence-electron chi connectivity index (χ3n) is 3.16. The second kappa shape index (κ2) is 6.27. The van der Waals surface area contributed by atoms with Gasteiger partial charge in [-0.3, -0.25) is 9.59 Å². The second-order valence-corrected chi connectivity index (χ2v) is 7.51. The maximum absolute atomic E-state index is 12.6. The Morgan fingerprint density at radius 1 is 0.818 bits per heavy atom. The lowest BCUT2D eigenvalue weighted by Gasteiger charge is -2.19. The second-order valence-electron chi connectivity index (χ2n) is 4.65. The number of benzene rings is 2. The third kappa shape index (κ3) is 2.87. The van der Waals surface area contributed by atoms with Gasteiger partial charge in [0, 0.05) is 0 Å². The van der Waals surface area contributed by atoms with Crippen molar-refractivity contribution < 1.29 is 35.9 Å². The molecule has 0 fully saturated rings. The molecule has 0 saturated carbocycles. The van der Waals surface area contributed by atoms with Crippen molar-refractivity contribution in [3.63, 3.8) is 0 Å². The number of hydrogen-bond acceptors (Lipinski definition) is 3. The zero-order valence-corrected chi connectivity index (χ0v) is 13.6.